The predicted octanol–water partition coefficient (Wildman–Crippen LogP) is 0.609. The lowest BCUT2D eigenvalue weighted by Gasteiger charge is -2.12. The Labute approximate surface area is 118 Å². The third-order valence-electron chi connectivity index (χ3n) is 2.66. The van der Waals surface area contributed by atoms with Crippen LogP contribution in [0.5, 0.6) is 0 Å². The Balaban J connectivity index is 2.90. The number of aliphatic hydroxyl groups excluding tert-OH is 1. The van der Waals surface area contributed by atoms with Crippen LogP contribution in [0.15, 0.2) is 29.2 Å². The summed E-state index contributed by atoms with van der Waals surface area (Å²) in [6, 6.07) is 4.70. The number of carbonyl (C=O) groups is 1. The molecule has 0 radical (unpaired) electrons. The number of aliphatic hydroxyl groups is 1. The first-order chi connectivity index (χ1) is 9.26. The Kier molecular flexibility index (Phi) is 5.67. The number of carboxylic acid groups (broad SMARTS) is 1. The first-order valence-electron chi connectivity index (χ1n) is 6.21. The minimum atomic E-state index is -3.95. The summed E-state index contributed by atoms with van der Waals surface area (Å²) in [6.07, 6.45) is 0.835. The lowest BCUT2D eigenvalue weighted by atomic mass is 10.0. The molecule has 0 bridgehead atoms. The molecule has 3 N–H and O–H groups in total. The number of nitrogens with one attached hydrogen (secondary N) is 1. The van der Waals surface area contributed by atoms with Gasteiger partial charge in [-0.2, -0.15) is 4.72 Å². The average molecular weight is 301 g/mol. The van der Waals surface area contributed by atoms with Crippen LogP contribution in [-0.4, -0.2) is 37.2 Å². The third kappa shape index (κ3) is 4.59. The van der Waals surface area contributed by atoms with E-state index in [4.69, 9.17) is 10.2 Å². The fourth-order valence-electron chi connectivity index (χ4n) is 1.70. The maximum absolute atomic E-state index is 12.0. The number of hydrogen-bond acceptors (Lipinski definition) is 4. The van der Waals surface area contributed by atoms with E-state index >= 15 is 0 Å². The minimum Gasteiger partial charge on any atom is -0.480 e. The molecule has 0 aliphatic carbocycles. The SMILES string of the molecule is CC(C)Cc1ccc(S(=O)(=O)NC(CO)C(=O)O)cc1. The molecule has 7 heteroatoms. The Morgan fingerprint density at radius 3 is 2.20 bits per heavy atom. The summed E-state index contributed by atoms with van der Waals surface area (Å²) in [7, 11) is -3.95. The van der Waals surface area contributed by atoms with E-state index in [1.165, 1.54) is 12.1 Å². The number of rotatable bonds is 7. The van der Waals surface area contributed by atoms with E-state index < -0.39 is 28.6 Å². The molecule has 1 aromatic rings. The van der Waals surface area contributed by atoms with Crippen LogP contribution in [0, 0.1) is 5.92 Å². The van der Waals surface area contributed by atoms with Gasteiger partial charge in [-0.25, -0.2) is 8.42 Å². The van der Waals surface area contributed by atoms with E-state index in [9.17, 15) is 13.2 Å². The van der Waals surface area contributed by atoms with E-state index in [2.05, 4.69) is 13.8 Å². The van der Waals surface area contributed by atoms with Crippen molar-refractivity contribution in [2.24, 2.45) is 5.92 Å². The average Bonchev–Trinajstić information content (AvgIpc) is 2.35. The third-order valence-corrected chi connectivity index (χ3v) is 4.14. The Bertz CT molecular complexity index is 551. The van der Waals surface area contributed by atoms with Gasteiger partial charge in [0.1, 0.15) is 6.04 Å². The van der Waals surface area contributed by atoms with Gasteiger partial charge in [-0.15, -0.1) is 0 Å². The molecule has 0 spiro atoms. The molecule has 0 saturated carbocycles. The number of sulfonamides is 1. The van der Waals surface area contributed by atoms with E-state index in [0.717, 1.165) is 12.0 Å². The van der Waals surface area contributed by atoms with Gasteiger partial charge in [0.15, 0.2) is 0 Å². The highest BCUT2D eigenvalue weighted by Gasteiger charge is 2.24. The topological polar surface area (TPSA) is 104 Å². The maximum Gasteiger partial charge on any atom is 0.324 e. The minimum absolute atomic E-state index is 0.0234. The zero-order valence-corrected chi connectivity index (χ0v) is 12.2. The van der Waals surface area contributed by atoms with Crippen LogP contribution in [-0.2, 0) is 21.2 Å². The Morgan fingerprint density at radius 2 is 1.80 bits per heavy atom. The fourth-order valence-corrected chi connectivity index (χ4v) is 2.88. The van der Waals surface area contributed by atoms with Crippen LogP contribution < -0.4 is 4.72 Å². The molecule has 0 amide bonds. The second kappa shape index (κ2) is 6.83. The second-order valence-corrected chi connectivity index (χ2v) is 6.65. The Morgan fingerprint density at radius 1 is 1.25 bits per heavy atom. The van der Waals surface area contributed by atoms with Crippen molar-refractivity contribution in [1.29, 1.82) is 0 Å². The molecule has 6 nitrogen and oxygen atoms in total. The molecule has 0 aromatic heterocycles. The van der Waals surface area contributed by atoms with Crippen molar-refractivity contribution in [2.45, 2.75) is 31.2 Å². The van der Waals surface area contributed by atoms with Crippen LogP contribution in [0.2, 0.25) is 0 Å². The van der Waals surface area contributed by atoms with Gasteiger partial charge in [0.2, 0.25) is 10.0 Å². The van der Waals surface area contributed by atoms with Crippen molar-refractivity contribution in [1.82, 2.24) is 4.72 Å². The van der Waals surface area contributed by atoms with E-state index in [1.807, 2.05) is 4.72 Å². The zero-order chi connectivity index (χ0) is 15.3. The van der Waals surface area contributed by atoms with E-state index in [1.54, 1.807) is 12.1 Å². The van der Waals surface area contributed by atoms with E-state index in [-0.39, 0.29) is 4.90 Å². The highest BCUT2D eigenvalue weighted by Crippen LogP contribution is 2.14. The van der Waals surface area contributed by atoms with Crippen molar-refractivity contribution in [2.75, 3.05) is 6.61 Å². The normalized spacial score (nSPS) is 13.4. The van der Waals surface area contributed by atoms with Gasteiger partial charge in [0.05, 0.1) is 11.5 Å². The molecule has 0 fully saturated rings. The summed E-state index contributed by atoms with van der Waals surface area (Å²) >= 11 is 0. The quantitative estimate of drug-likeness (QED) is 0.684. The first-order valence-corrected chi connectivity index (χ1v) is 7.69. The molecule has 1 atom stereocenters. The molecule has 0 saturated heterocycles. The summed E-state index contributed by atoms with van der Waals surface area (Å²) in [5, 5.41) is 17.6. The van der Waals surface area contributed by atoms with Crippen molar-refractivity contribution in [3.05, 3.63) is 29.8 Å². The molecular weight excluding hydrogens is 282 g/mol. The second-order valence-electron chi connectivity index (χ2n) is 4.94. The number of benzene rings is 1. The van der Waals surface area contributed by atoms with Crippen LogP contribution in [0.3, 0.4) is 0 Å². The van der Waals surface area contributed by atoms with Crippen LogP contribution in [0.25, 0.3) is 0 Å². The summed E-state index contributed by atoms with van der Waals surface area (Å²) in [4.78, 5) is 10.7. The van der Waals surface area contributed by atoms with Crippen LogP contribution in [0.1, 0.15) is 19.4 Å². The fraction of sp³-hybridized carbons (Fsp3) is 0.462. The van der Waals surface area contributed by atoms with Crippen molar-refractivity contribution in [3.8, 4) is 0 Å². The monoisotopic (exact) mass is 301 g/mol. The molecule has 0 heterocycles. The predicted molar refractivity (Wildman–Crippen MR) is 73.8 cm³/mol. The lowest BCUT2D eigenvalue weighted by Crippen LogP contribution is -2.43. The van der Waals surface area contributed by atoms with Crippen molar-refractivity contribution < 1.29 is 23.4 Å². The van der Waals surface area contributed by atoms with Crippen LogP contribution in [0.4, 0.5) is 0 Å². The van der Waals surface area contributed by atoms with Gasteiger partial charge in [-0.05, 0) is 30.0 Å². The molecule has 1 aromatic carbocycles. The Hall–Kier alpha value is -1.44. The zero-order valence-electron chi connectivity index (χ0n) is 11.4. The summed E-state index contributed by atoms with van der Waals surface area (Å²) in [5.74, 6) is -0.964. The lowest BCUT2D eigenvalue weighted by molar-refractivity contribution is -0.139. The van der Waals surface area contributed by atoms with E-state index in [0.29, 0.717) is 5.92 Å². The molecule has 1 unspecified atom stereocenters. The molecule has 0 aliphatic rings. The van der Waals surface area contributed by atoms with Crippen molar-refractivity contribution in [3.63, 3.8) is 0 Å². The van der Waals surface area contributed by atoms with Crippen LogP contribution >= 0.6 is 0 Å². The maximum atomic E-state index is 12.0. The summed E-state index contributed by atoms with van der Waals surface area (Å²) < 4.78 is 25.8. The number of hydrogen-bond donors (Lipinski definition) is 3. The number of carboxylic acids is 1. The molecule has 20 heavy (non-hydrogen) atoms. The number of aliphatic carboxylic acids is 1. The van der Waals surface area contributed by atoms with Gasteiger partial charge in [-0.1, -0.05) is 26.0 Å². The van der Waals surface area contributed by atoms with Gasteiger partial charge < -0.3 is 10.2 Å². The first kappa shape index (κ1) is 16.6. The van der Waals surface area contributed by atoms with Gasteiger partial charge >= 0.3 is 5.97 Å². The highest BCUT2D eigenvalue weighted by molar-refractivity contribution is 7.89. The smallest absolute Gasteiger partial charge is 0.324 e. The molecule has 1 rings (SSSR count). The largest absolute Gasteiger partial charge is 0.480 e. The molecular formula is C13H19NO5S. The van der Waals surface area contributed by atoms with Gasteiger partial charge in [0, 0.05) is 0 Å². The van der Waals surface area contributed by atoms with Gasteiger partial charge in [-0.3, -0.25) is 4.79 Å². The molecule has 112 valence electrons. The summed E-state index contributed by atoms with van der Waals surface area (Å²) in [5.41, 5.74) is 1.01. The molecule has 0 aliphatic heterocycles. The van der Waals surface area contributed by atoms with Crippen molar-refractivity contribution >= 4 is 16.0 Å². The highest BCUT2D eigenvalue weighted by atomic mass is 32.2. The summed E-state index contributed by atoms with van der Waals surface area (Å²) in [6.45, 7) is 3.32. The standard InChI is InChI=1S/C13H19NO5S/c1-9(2)7-10-3-5-11(6-4-10)20(18,19)14-12(8-15)13(16)17/h3-6,9,12,14-15H,7-8H2,1-2H3,(H,16,17). The van der Waals surface area contributed by atoms with Gasteiger partial charge in [0.25, 0.3) is 0 Å².